The third-order valence-electron chi connectivity index (χ3n) is 3.11. The quantitative estimate of drug-likeness (QED) is 0.871. The van der Waals surface area contributed by atoms with Gasteiger partial charge in [-0.05, 0) is 18.6 Å². The van der Waals surface area contributed by atoms with Crippen molar-refractivity contribution in [1.29, 1.82) is 5.26 Å². The number of nitrogens with one attached hydrogen (secondary N) is 2. The fraction of sp³-hybridized carbons (Fsp3) is 0.188. The van der Waals surface area contributed by atoms with Crippen molar-refractivity contribution < 1.29 is 14.5 Å². The highest BCUT2D eigenvalue weighted by Crippen LogP contribution is 2.14. The summed E-state index contributed by atoms with van der Waals surface area (Å²) in [7, 11) is 1.31. The summed E-state index contributed by atoms with van der Waals surface area (Å²) in [5, 5.41) is 12.4. The van der Waals surface area contributed by atoms with Crippen molar-refractivity contribution >= 4 is 11.8 Å². The summed E-state index contributed by atoms with van der Waals surface area (Å²) in [5.41, 5.74) is 2.48. The van der Waals surface area contributed by atoms with E-state index in [1.807, 2.05) is 30.3 Å². The molecule has 5 heteroatoms. The summed E-state index contributed by atoms with van der Waals surface area (Å²) in [5.74, 6) is 0.126. The van der Waals surface area contributed by atoms with Gasteiger partial charge in [-0.15, -0.1) is 0 Å². The van der Waals surface area contributed by atoms with Crippen LogP contribution in [0.4, 0.5) is 5.82 Å². The maximum absolute atomic E-state index is 11.6. The number of ether oxygens (including phenoxy) is 1. The van der Waals surface area contributed by atoms with Crippen molar-refractivity contribution in [3.05, 3.63) is 58.8 Å². The van der Waals surface area contributed by atoms with E-state index in [1.54, 1.807) is 6.92 Å². The molecule has 2 rings (SSSR count). The first kappa shape index (κ1) is 14.5. The molecule has 1 aromatic carbocycles. The molecule has 0 amide bonds. The Morgan fingerprint density at radius 2 is 2.10 bits per heavy atom. The molecule has 0 fully saturated rings. The lowest BCUT2D eigenvalue weighted by Crippen LogP contribution is -2.22. The SMILES string of the molecule is COC(=O)c1cc(C#N)c(NCc2ccccc2)[nH+]c1C. The van der Waals surface area contributed by atoms with Crippen LogP contribution in [0.1, 0.15) is 27.2 Å². The van der Waals surface area contributed by atoms with Crippen molar-refractivity contribution in [3.8, 4) is 6.07 Å². The van der Waals surface area contributed by atoms with E-state index in [9.17, 15) is 10.1 Å². The minimum Gasteiger partial charge on any atom is -0.465 e. The van der Waals surface area contributed by atoms with E-state index in [0.29, 0.717) is 29.2 Å². The lowest BCUT2D eigenvalue weighted by atomic mass is 10.1. The minimum absolute atomic E-state index is 0.360. The molecule has 0 aliphatic heterocycles. The Kier molecular flexibility index (Phi) is 4.52. The van der Waals surface area contributed by atoms with Gasteiger partial charge in [-0.2, -0.15) is 5.26 Å². The number of esters is 1. The number of rotatable bonds is 4. The molecule has 0 aliphatic carbocycles. The second kappa shape index (κ2) is 6.53. The van der Waals surface area contributed by atoms with Crippen LogP contribution in [0.25, 0.3) is 0 Å². The van der Waals surface area contributed by atoms with Gasteiger partial charge >= 0.3 is 5.97 Å². The van der Waals surface area contributed by atoms with Crippen LogP contribution < -0.4 is 10.3 Å². The van der Waals surface area contributed by atoms with Gasteiger partial charge in [0, 0.05) is 0 Å². The largest absolute Gasteiger partial charge is 0.465 e. The zero-order chi connectivity index (χ0) is 15.2. The summed E-state index contributed by atoms with van der Waals surface area (Å²) in [6, 6.07) is 13.5. The van der Waals surface area contributed by atoms with Crippen molar-refractivity contribution in [2.45, 2.75) is 13.5 Å². The maximum Gasteiger partial charge on any atom is 0.341 e. The molecule has 0 atom stereocenters. The lowest BCUT2D eigenvalue weighted by Gasteiger charge is -2.06. The number of aromatic amines is 1. The number of carbonyl (C=O) groups excluding carboxylic acids is 1. The maximum atomic E-state index is 11.6. The number of hydrogen-bond donors (Lipinski definition) is 1. The number of pyridine rings is 1. The Bertz CT molecular complexity index is 691. The molecular formula is C16H16N3O2+. The lowest BCUT2D eigenvalue weighted by molar-refractivity contribution is -0.371. The van der Waals surface area contributed by atoms with E-state index in [-0.39, 0.29) is 0 Å². The highest BCUT2D eigenvalue weighted by atomic mass is 16.5. The number of benzene rings is 1. The topological polar surface area (TPSA) is 76.3 Å². The molecule has 0 saturated heterocycles. The summed E-state index contributed by atoms with van der Waals surface area (Å²) in [6.07, 6.45) is 0. The highest BCUT2D eigenvalue weighted by molar-refractivity contribution is 5.90. The van der Waals surface area contributed by atoms with Crippen LogP contribution in [0.15, 0.2) is 36.4 Å². The van der Waals surface area contributed by atoms with E-state index in [4.69, 9.17) is 4.74 Å². The summed E-state index contributed by atoms with van der Waals surface area (Å²) in [4.78, 5) is 14.7. The number of methoxy groups -OCH3 is 1. The molecule has 0 radical (unpaired) electrons. The second-order valence-corrected chi connectivity index (χ2v) is 4.54. The number of nitriles is 1. The number of aromatic nitrogens is 1. The number of carbonyl (C=O) groups is 1. The first-order valence-corrected chi connectivity index (χ1v) is 6.49. The molecule has 106 valence electrons. The molecule has 0 aliphatic rings. The fourth-order valence-electron chi connectivity index (χ4n) is 1.98. The summed E-state index contributed by atoms with van der Waals surface area (Å²) >= 11 is 0. The number of aryl methyl sites for hydroxylation is 1. The summed E-state index contributed by atoms with van der Waals surface area (Å²) in [6.45, 7) is 2.35. The zero-order valence-electron chi connectivity index (χ0n) is 11.9. The molecule has 0 spiro atoms. The molecule has 21 heavy (non-hydrogen) atoms. The second-order valence-electron chi connectivity index (χ2n) is 4.54. The molecule has 0 bridgehead atoms. The highest BCUT2D eigenvalue weighted by Gasteiger charge is 2.19. The molecule has 5 nitrogen and oxygen atoms in total. The van der Waals surface area contributed by atoms with Crippen molar-refractivity contribution in [3.63, 3.8) is 0 Å². The third-order valence-corrected chi connectivity index (χ3v) is 3.11. The Hall–Kier alpha value is -2.87. The molecule has 2 N–H and O–H groups in total. The van der Waals surface area contributed by atoms with Gasteiger partial charge in [0.25, 0.3) is 5.82 Å². The molecule has 0 unspecified atom stereocenters. The standard InChI is InChI=1S/C16H15N3O2/c1-11-14(16(20)21-2)8-13(9-17)15(19-11)18-10-12-6-4-3-5-7-12/h3-8H,10H2,1-2H3,(H,18,19)/p+1. The zero-order valence-corrected chi connectivity index (χ0v) is 11.9. The number of hydrogen-bond acceptors (Lipinski definition) is 4. The van der Waals surface area contributed by atoms with Gasteiger partial charge in [-0.3, -0.25) is 5.32 Å². The minimum atomic E-state index is -0.463. The molecule has 1 heterocycles. The first-order chi connectivity index (χ1) is 10.2. The van der Waals surface area contributed by atoms with E-state index >= 15 is 0 Å². The first-order valence-electron chi connectivity index (χ1n) is 6.49. The predicted octanol–water partition coefficient (Wildman–Crippen LogP) is 2.08. The number of anilines is 1. The fourth-order valence-corrected chi connectivity index (χ4v) is 1.98. The van der Waals surface area contributed by atoms with E-state index < -0.39 is 5.97 Å². The van der Waals surface area contributed by atoms with Crippen LogP contribution in [0.3, 0.4) is 0 Å². The molecule has 0 saturated carbocycles. The number of nitrogens with zero attached hydrogens (tertiary/aromatic N) is 1. The Labute approximate surface area is 123 Å². The normalized spacial score (nSPS) is 9.76. The third kappa shape index (κ3) is 3.37. The van der Waals surface area contributed by atoms with Crippen LogP contribution in [-0.4, -0.2) is 13.1 Å². The van der Waals surface area contributed by atoms with E-state index in [2.05, 4.69) is 16.4 Å². The average molecular weight is 282 g/mol. The molecular weight excluding hydrogens is 266 g/mol. The van der Waals surface area contributed by atoms with Gasteiger partial charge < -0.3 is 4.74 Å². The summed E-state index contributed by atoms with van der Waals surface area (Å²) < 4.78 is 4.70. The Balaban J connectivity index is 2.26. The molecule has 2 aromatic rings. The van der Waals surface area contributed by atoms with E-state index in [0.717, 1.165) is 5.56 Å². The monoisotopic (exact) mass is 282 g/mol. The van der Waals surface area contributed by atoms with Gasteiger partial charge in [-0.25, -0.2) is 9.78 Å². The van der Waals surface area contributed by atoms with Gasteiger partial charge in [0.15, 0.2) is 0 Å². The van der Waals surface area contributed by atoms with Crippen molar-refractivity contribution in [1.82, 2.24) is 0 Å². The number of H-pyrrole nitrogens is 1. The van der Waals surface area contributed by atoms with E-state index in [1.165, 1.54) is 13.2 Å². The Morgan fingerprint density at radius 1 is 1.38 bits per heavy atom. The van der Waals surface area contributed by atoms with Crippen LogP contribution >= 0.6 is 0 Å². The predicted molar refractivity (Wildman–Crippen MR) is 77.6 cm³/mol. The van der Waals surface area contributed by atoms with Gasteiger partial charge in [0.05, 0.1) is 7.11 Å². The van der Waals surface area contributed by atoms with Crippen LogP contribution in [0, 0.1) is 18.3 Å². The molecule has 1 aromatic heterocycles. The van der Waals surface area contributed by atoms with Crippen LogP contribution in [-0.2, 0) is 11.3 Å². The average Bonchev–Trinajstić information content (AvgIpc) is 2.53. The van der Waals surface area contributed by atoms with Gasteiger partial charge in [-0.1, -0.05) is 30.3 Å². The van der Waals surface area contributed by atoms with Gasteiger partial charge in [0.1, 0.15) is 29.4 Å². The van der Waals surface area contributed by atoms with Crippen molar-refractivity contribution in [2.24, 2.45) is 0 Å². The Morgan fingerprint density at radius 3 is 2.71 bits per heavy atom. The smallest absolute Gasteiger partial charge is 0.341 e. The van der Waals surface area contributed by atoms with Gasteiger partial charge in [0.2, 0.25) is 0 Å². The van der Waals surface area contributed by atoms with Crippen molar-refractivity contribution in [2.75, 3.05) is 12.4 Å². The van der Waals surface area contributed by atoms with Crippen LogP contribution in [0.2, 0.25) is 0 Å². The van der Waals surface area contributed by atoms with Crippen LogP contribution in [0.5, 0.6) is 0 Å².